The molecule has 1 aliphatic carbocycles. The SMILES string of the molecule is CC[C@H]1CC[C@@H](Oc2ccc3ccc(C(C)N4C5CCC4CC(C(=O)O)C5)cc3c2C(F)(F)F)CC1. The van der Waals surface area contributed by atoms with Gasteiger partial charge in [-0.1, -0.05) is 31.5 Å². The lowest BCUT2D eigenvalue weighted by Crippen LogP contribution is -2.45. The minimum Gasteiger partial charge on any atom is -0.490 e. The van der Waals surface area contributed by atoms with E-state index in [1.165, 1.54) is 6.07 Å². The predicted molar refractivity (Wildman–Crippen MR) is 133 cm³/mol. The number of fused-ring (bicyclic) bond motifs is 3. The van der Waals surface area contributed by atoms with E-state index in [4.69, 9.17) is 4.74 Å². The van der Waals surface area contributed by atoms with Crippen molar-refractivity contribution in [2.45, 2.75) is 102 Å². The molecule has 0 amide bonds. The van der Waals surface area contributed by atoms with Crippen molar-refractivity contribution in [2.75, 3.05) is 0 Å². The van der Waals surface area contributed by atoms with E-state index in [-0.39, 0.29) is 41.3 Å². The summed E-state index contributed by atoms with van der Waals surface area (Å²) in [5.41, 5.74) is 0.151. The smallest absolute Gasteiger partial charge is 0.420 e. The first-order chi connectivity index (χ1) is 17.2. The second-order valence-electron chi connectivity index (χ2n) is 11.1. The van der Waals surface area contributed by atoms with Crippen molar-refractivity contribution in [3.8, 4) is 5.75 Å². The number of alkyl halides is 3. The van der Waals surface area contributed by atoms with Crippen LogP contribution in [0.1, 0.15) is 88.8 Å². The summed E-state index contributed by atoms with van der Waals surface area (Å²) in [6.45, 7) is 4.20. The molecule has 2 aromatic rings. The van der Waals surface area contributed by atoms with Crippen LogP contribution in [0.3, 0.4) is 0 Å². The number of carbonyl (C=O) groups is 1. The van der Waals surface area contributed by atoms with Crippen molar-refractivity contribution >= 4 is 16.7 Å². The molecule has 2 aliphatic heterocycles. The van der Waals surface area contributed by atoms with Crippen LogP contribution in [-0.2, 0) is 11.0 Å². The average Bonchev–Trinajstić information content (AvgIpc) is 3.11. The molecule has 2 bridgehead atoms. The van der Waals surface area contributed by atoms with E-state index in [2.05, 4.69) is 11.8 Å². The van der Waals surface area contributed by atoms with Crippen LogP contribution in [0.4, 0.5) is 13.2 Å². The van der Waals surface area contributed by atoms with Gasteiger partial charge in [0, 0.05) is 18.1 Å². The van der Waals surface area contributed by atoms with Gasteiger partial charge in [0.1, 0.15) is 11.3 Å². The summed E-state index contributed by atoms with van der Waals surface area (Å²) in [5.74, 6) is -0.493. The van der Waals surface area contributed by atoms with Crippen molar-refractivity contribution in [1.29, 1.82) is 0 Å². The molecule has 3 fully saturated rings. The normalized spacial score (nSPS) is 29.9. The third-order valence-corrected chi connectivity index (χ3v) is 9.02. The fourth-order valence-electron chi connectivity index (χ4n) is 7.02. The third kappa shape index (κ3) is 4.83. The molecule has 0 aromatic heterocycles. The Balaban J connectivity index is 1.45. The van der Waals surface area contributed by atoms with E-state index in [0.717, 1.165) is 50.5 Å². The van der Waals surface area contributed by atoms with Crippen LogP contribution in [0.5, 0.6) is 5.75 Å². The maximum Gasteiger partial charge on any atom is 0.420 e. The van der Waals surface area contributed by atoms with Crippen LogP contribution in [0.2, 0.25) is 0 Å². The number of aliphatic carboxylic acids is 1. The molecule has 3 atom stereocenters. The molecule has 2 aromatic carbocycles. The van der Waals surface area contributed by atoms with Crippen LogP contribution in [-0.4, -0.2) is 34.2 Å². The van der Waals surface area contributed by atoms with Crippen molar-refractivity contribution in [3.05, 3.63) is 41.5 Å². The largest absolute Gasteiger partial charge is 0.490 e. The average molecular weight is 504 g/mol. The molecule has 2 saturated heterocycles. The van der Waals surface area contributed by atoms with E-state index >= 15 is 0 Å². The van der Waals surface area contributed by atoms with Gasteiger partial charge in [-0.2, -0.15) is 13.2 Å². The van der Waals surface area contributed by atoms with Crippen molar-refractivity contribution < 1.29 is 27.8 Å². The van der Waals surface area contributed by atoms with Gasteiger partial charge in [-0.25, -0.2) is 0 Å². The van der Waals surface area contributed by atoms with Crippen molar-refractivity contribution in [3.63, 3.8) is 0 Å². The highest BCUT2D eigenvalue weighted by Gasteiger charge is 2.45. The Bertz CT molecular complexity index is 1090. The minimum absolute atomic E-state index is 0.0675. The zero-order valence-electron chi connectivity index (χ0n) is 21.1. The van der Waals surface area contributed by atoms with Crippen LogP contribution in [0.25, 0.3) is 10.8 Å². The van der Waals surface area contributed by atoms with Gasteiger partial charge in [-0.3, -0.25) is 9.69 Å². The minimum atomic E-state index is -4.53. The Labute approximate surface area is 210 Å². The third-order valence-electron chi connectivity index (χ3n) is 9.02. The fourth-order valence-corrected chi connectivity index (χ4v) is 7.02. The Morgan fingerprint density at radius 3 is 2.28 bits per heavy atom. The van der Waals surface area contributed by atoms with Gasteiger partial charge in [0.2, 0.25) is 0 Å². The van der Waals surface area contributed by atoms with Gasteiger partial charge >= 0.3 is 12.1 Å². The summed E-state index contributed by atoms with van der Waals surface area (Å²) in [4.78, 5) is 13.9. The maximum atomic E-state index is 14.4. The van der Waals surface area contributed by atoms with E-state index in [0.29, 0.717) is 24.1 Å². The zero-order chi connectivity index (χ0) is 25.6. The van der Waals surface area contributed by atoms with Crippen LogP contribution >= 0.6 is 0 Å². The van der Waals surface area contributed by atoms with Crippen LogP contribution < -0.4 is 4.74 Å². The topological polar surface area (TPSA) is 49.8 Å². The van der Waals surface area contributed by atoms with E-state index in [9.17, 15) is 23.1 Å². The van der Waals surface area contributed by atoms with Gasteiger partial charge < -0.3 is 9.84 Å². The number of carboxylic acids is 1. The van der Waals surface area contributed by atoms with E-state index in [1.807, 2.05) is 13.0 Å². The molecule has 5 rings (SSSR count). The van der Waals surface area contributed by atoms with Crippen molar-refractivity contribution in [2.24, 2.45) is 11.8 Å². The maximum absolute atomic E-state index is 14.4. The molecule has 3 aliphatic rings. The molecular weight excluding hydrogens is 467 g/mol. The summed E-state index contributed by atoms with van der Waals surface area (Å²) in [7, 11) is 0. The number of halogens is 3. The number of benzene rings is 2. The highest BCUT2D eigenvalue weighted by molar-refractivity contribution is 5.89. The molecule has 2 heterocycles. The van der Waals surface area contributed by atoms with Gasteiger partial charge in [0.25, 0.3) is 0 Å². The van der Waals surface area contributed by atoms with E-state index in [1.54, 1.807) is 18.2 Å². The van der Waals surface area contributed by atoms with E-state index < -0.39 is 17.7 Å². The summed E-state index contributed by atoms with van der Waals surface area (Å²) >= 11 is 0. The van der Waals surface area contributed by atoms with Gasteiger partial charge in [0.15, 0.2) is 0 Å². The summed E-state index contributed by atoms with van der Waals surface area (Å²) in [6, 6.07) is 8.83. The first kappa shape index (κ1) is 25.4. The standard InChI is InChI=1S/C29H36F3NO3/c1-3-18-4-11-24(12-5-18)36-26-13-8-19-6-7-20(16-25(19)27(26)29(30,31)32)17(2)33-22-9-10-23(33)15-21(14-22)28(34)35/h6-8,13,16-18,21-24H,3-5,9-12,14-15H2,1-2H3,(H,34,35)/t17?,18-,21?,22?,23?,24+. The number of hydrogen-bond acceptors (Lipinski definition) is 3. The number of ether oxygens (including phenoxy) is 1. The zero-order valence-corrected chi connectivity index (χ0v) is 21.1. The first-order valence-electron chi connectivity index (χ1n) is 13.5. The Morgan fingerprint density at radius 2 is 1.69 bits per heavy atom. The lowest BCUT2D eigenvalue weighted by atomic mass is 9.86. The predicted octanol–water partition coefficient (Wildman–Crippen LogP) is 7.59. The molecule has 3 unspecified atom stereocenters. The van der Waals surface area contributed by atoms with Crippen LogP contribution in [0.15, 0.2) is 30.3 Å². The summed E-state index contributed by atoms with van der Waals surface area (Å²) in [5, 5.41) is 10.2. The number of carboxylic acid groups (broad SMARTS) is 1. The first-order valence-corrected chi connectivity index (χ1v) is 13.5. The summed E-state index contributed by atoms with van der Waals surface area (Å²) in [6.07, 6.45) is 3.07. The molecule has 4 nitrogen and oxygen atoms in total. The number of hydrogen-bond donors (Lipinski definition) is 1. The Morgan fingerprint density at radius 1 is 1.06 bits per heavy atom. The highest BCUT2D eigenvalue weighted by Crippen LogP contribution is 2.46. The highest BCUT2D eigenvalue weighted by atomic mass is 19.4. The molecule has 36 heavy (non-hydrogen) atoms. The van der Waals surface area contributed by atoms with Crippen molar-refractivity contribution in [1.82, 2.24) is 4.90 Å². The monoisotopic (exact) mass is 503 g/mol. The molecule has 196 valence electrons. The lowest BCUT2D eigenvalue weighted by Gasteiger charge is -2.41. The Hall–Kier alpha value is -2.28. The van der Waals surface area contributed by atoms with Gasteiger partial charge in [-0.05, 0) is 92.7 Å². The lowest BCUT2D eigenvalue weighted by molar-refractivity contribution is -0.144. The molecule has 7 heteroatoms. The number of nitrogens with zero attached hydrogens (tertiary/aromatic N) is 1. The summed E-state index contributed by atoms with van der Waals surface area (Å²) < 4.78 is 49.4. The van der Waals surface area contributed by atoms with Crippen LogP contribution in [0, 0.1) is 11.8 Å². The van der Waals surface area contributed by atoms with Gasteiger partial charge in [0.05, 0.1) is 12.0 Å². The molecule has 0 radical (unpaired) electrons. The fraction of sp³-hybridized carbons (Fsp3) is 0.621. The number of piperidine rings is 1. The molecular formula is C29H36F3NO3. The van der Waals surface area contributed by atoms with Gasteiger partial charge in [-0.15, -0.1) is 0 Å². The quantitative estimate of drug-likeness (QED) is 0.441. The Kier molecular flexibility index (Phi) is 6.96. The number of rotatable bonds is 6. The molecule has 1 N–H and O–H groups in total. The molecule has 1 saturated carbocycles. The molecule has 0 spiro atoms. The second kappa shape index (κ2) is 9.88. The second-order valence-corrected chi connectivity index (χ2v) is 11.1.